The topological polar surface area (TPSA) is 55.7 Å². The molecular weight excluding hydrogens is 238 g/mol. The first-order valence-corrected chi connectivity index (χ1v) is 4.24. The van der Waals surface area contributed by atoms with Crippen LogP contribution in [0.5, 0.6) is 0 Å². The average Bonchev–Trinajstić information content (AvgIpc) is 2.02. The summed E-state index contributed by atoms with van der Waals surface area (Å²) in [7, 11) is 0. The maximum atomic E-state index is 10.8. The molecule has 0 spiro atoms. The fraction of sp³-hybridized carbons (Fsp3) is 0.125. The standard InChI is InChI=1S/C8H6BrNO3/c1-5(11)13-10-8-3-2-6(12)4-7(8)9/h2-4H,1H3. The van der Waals surface area contributed by atoms with Crippen molar-refractivity contribution in [3.63, 3.8) is 0 Å². The zero-order valence-corrected chi connectivity index (χ0v) is 8.37. The molecule has 1 rings (SSSR count). The van der Waals surface area contributed by atoms with Gasteiger partial charge in [0.25, 0.3) is 0 Å². The SMILES string of the molecule is CC(=O)ON=C1C=CC(=O)C=C1Br. The molecule has 5 heteroatoms. The minimum absolute atomic E-state index is 0.131. The Labute approximate surface area is 83.1 Å². The summed E-state index contributed by atoms with van der Waals surface area (Å²) in [6, 6.07) is 0. The number of nitrogens with zero attached hydrogens (tertiary/aromatic N) is 1. The van der Waals surface area contributed by atoms with Gasteiger partial charge in [0.1, 0.15) is 5.71 Å². The molecule has 68 valence electrons. The van der Waals surface area contributed by atoms with Gasteiger partial charge >= 0.3 is 5.97 Å². The summed E-state index contributed by atoms with van der Waals surface area (Å²) in [5.74, 6) is -0.633. The third-order valence-electron chi connectivity index (χ3n) is 1.19. The first-order valence-electron chi connectivity index (χ1n) is 3.45. The van der Waals surface area contributed by atoms with Crippen molar-refractivity contribution in [1.29, 1.82) is 0 Å². The van der Waals surface area contributed by atoms with E-state index in [2.05, 4.69) is 25.9 Å². The lowest BCUT2D eigenvalue weighted by molar-refractivity contribution is -0.140. The van der Waals surface area contributed by atoms with Gasteiger partial charge in [-0.25, -0.2) is 4.79 Å². The molecule has 0 aromatic rings. The number of oxime groups is 1. The van der Waals surface area contributed by atoms with Crippen molar-refractivity contribution in [1.82, 2.24) is 0 Å². The molecule has 1 aliphatic carbocycles. The Balaban J connectivity index is 2.77. The Morgan fingerprint density at radius 1 is 1.54 bits per heavy atom. The van der Waals surface area contributed by atoms with E-state index in [1.807, 2.05) is 0 Å². The van der Waals surface area contributed by atoms with Crippen molar-refractivity contribution >= 4 is 33.4 Å². The highest BCUT2D eigenvalue weighted by molar-refractivity contribution is 9.12. The Morgan fingerprint density at radius 3 is 2.77 bits per heavy atom. The largest absolute Gasteiger partial charge is 0.332 e. The number of ketones is 1. The van der Waals surface area contributed by atoms with Gasteiger partial charge in [0.05, 0.1) is 4.48 Å². The van der Waals surface area contributed by atoms with Crippen LogP contribution in [0.25, 0.3) is 0 Å². The predicted molar refractivity (Wildman–Crippen MR) is 50.4 cm³/mol. The van der Waals surface area contributed by atoms with Gasteiger partial charge in [-0.3, -0.25) is 4.79 Å². The normalized spacial score (nSPS) is 18.8. The third kappa shape index (κ3) is 2.95. The quantitative estimate of drug-likeness (QED) is 0.397. The van der Waals surface area contributed by atoms with Crippen LogP contribution in [0, 0.1) is 0 Å². The molecule has 0 aliphatic heterocycles. The Hall–Kier alpha value is -1.23. The highest BCUT2D eigenvalue weighted by Gasteiger charge is 2.09. The van der Waals surface area contributed by atoms with E-state index in [1.165, 1.54) is 25.2 Å². The zero-order valence-electron chi connectivity index (χ0n) is 6.78. The molecule has 13 heavy (non-hydrogen) atoms. The lowest BCUT2D eigenvalue weighted by Crippen LogP contribution is -2.05. The monoisotopic (exact) mass is 243 g/mol. The number of hydrogen-bond acceptors (Lipinski definition) is 4. The molecule has 0 bridgehead atoms. The van der Waals surface area contributed by atoms with Crippen LogP contribution in [0.4, 0.5) is 0 Å². The van der Waals surface area contributed by atoms with E-state index in [0.717, 1.165) is 0 Å². The Morgan fingerprint density at radius 2 is 2.23 bits per heavy atom. The summed E-state index contributed by atoms with van der Waals surface area (Å²) < 4.78 is 0.501. The summed E-state index contributed by atoms with van der Waals surface area (Å²) in [5.41, 5.74) is 0.412. The van der Waals surface area contributed by atoms with E-state index >= 15 is 0 Å². The lowest BCUT2D eigenvalue weighted by Gasteiger charge is -2.01. The zero-order chi connectivity index (χ0) is 9.84. The Bertz CT molecular complexity index is 341. The lowest BCUT2D eigenvalue weighted by atomic mass is 10.2. The van der Waals surface area contributed by atoms with Crippen molar-refractivity contribution < 1.29 is 14.4 Å². The first-order chi connectivity index (χ1) is 6.09. The highest BCUT2D eigenvalue weighted by Crippen LogP contribution is 2.13. The van der Waals surface area contributed by atoms with Crippen molar-refractivity contribution in [2.75, 3.05) is 0 Å². The van der Waals surface area contributed by atoms with Crippen LogP contribution in [0.3, 0.4) is 0 Å². The molecule has 0 saturated carbocycles. The molecule has 0 aromatic carbocycles. The second-order valence-corrected chi connectivity index (χ2v) is 3.14. The van der Waals surface area contributed by atoms with E-state index in [-0.39, 0.29) is 5.78 Å². The van der Waals surface area contributed by atoms with Gasteiger partial charge in [-0.15, -0.1) is 0 Å². The molecule has 0 saturated heterocycles. The van der Waals surface area contributed by atoms with Crippen LogP contribution >= 0.6 is 15.9 Å². The van der Waals surface area contributed by atoms with Gasteiger partial charge in [0.15, 0.2) is 5.78 Å². The Kier molecular flexibility index (Phi) is 3.13. The number of halogens is 1. The number of rotatable bonds is 1. The fourth-order valence-corrected chi connectivity index (χ4v) is 1.11. The summed E-state index contributed by atoms with van der Waals surface area (Å²) in [4.78, 5) is 25.6. The minimum atomic E-state index is -0.502. The maximum Gasteiger partial charge on any atom is 0.332 e. The molecule has 4 nitrogen and oxygen atoms in total. The molecule has 0 radical (unpaired) electrons. The number of hydrogen-bond donors (Lipinski definition) is 0. The van der Waals surface area contributed by atoms with Crippen molar-refractivity contribution in [2.24, 2.45) is 5.16 Å². The van der Waals surface area contributed by atoms with Crippen molar-refractivity contribution in [3.8, 4) is 0 Å². The number of carbonyl (C=O) groups is 2. The molecular formula is C8H6BrNO3. The first kappa shape index (κ1) is 9.85. The van der Waals surface area contributed by atoms with Gasteiger partial charge in [0, 0.05) is 13.0 Å². The summed E-state index contributed by atoms with van der Waals surface area (Å²) in [6.45, 7) is 1.25. The van der Waals surface area contributed by atoms with E-state index in [1.54, 1.807) is 0 Å². The van der Waals surface area contributed by atoms with Crippen LogP contribution in [-0.2, 0) is 14.4 Å². The van der Waals surface area contributed by atoms with Gasteiger partial charge < -0.3 is 4.84 Å². The average molecular weight is 244 g/mol. The van der Waals surface area contributed by atoms with E-state index in [0.29, 0.717) is 10.2 Å². The molecule has 0 unspecified atom stereocenters. The molecule has 0 N–H and O–H groups in total. The van der Waals surface area contributed by atoms with Crippen LogP contribution in [0.15, 0.2) is 27.9 Å². The van der Waals surface area contributed by atoms with Gasteiger partial charge in [-0.2, -0.15) is 0 Å². The molecule has 0 fully saturated rings. The van der Waals surface area contributed by atoms with Crippen LogP contribution < -0.4 is 0 Å². The second kappa shape index (κ2) is 4.13. The van der Waals surface area contributed by atoms with Crippen LogP contribution in [0.1, 0.15) is 6.92 Å². The van der Waals surface area contributed by atoms with Crippen molar-refractivity contribution in [2.45, 2.75) is 6.92 Å². The highest BCUT2D eigenvalue weighted by atomic mass is 79.9. The summed E-state index contributed by atoms with van der Waals surface area (Å²) in [6.07, 6.45) is 4.16. The van der Waals surface area contributed by atoms with Gasteiger partial charge in [-0.05, 0) is 28.1 Å². The smallest absolute Gasteiger partial charge is 0.318 e. The van der Waals surface area contributed by atoms with E-state index in [4.69, 9.17) is 0 Å². The van der Waals surface area contributed by atoms with E-state index < -0.39 is 5.97 Å². The molecule has 0 atom stereocenters. The van der Waals surface area contributed by atoms with Crippen LogP contribution in [-0.4, -0.2) is 17.5 Å². The van der Waals surface area contributed by atoms with E-state index in [9.17, 15) is 9.59 Å². The van der Waals surface area contributed by atoms with Crippen LogP contribution in [0.2, 0.25) is 0 Å². The second-order valence-electron chi connectivity index (χ2n) is 2.29. The van der Waals surface area contributed by atoms with Crippen molar-refractivity contribution in [3.05, 3.63) is 22.7 Å². The van der Waals surface area contributed by atoms with Gasteiger partial charge in [-0.1, -0.05) is 5.16 Å². The molecule has 0 heterocycles. The van der Waals surface area contributed by atoms with Gasteiger partial charge in [0.2, 0.25) is 0 Å². The summed E-state index contributed by atoms with van der Waals surface area (Å²) >= 11 is 3.11. The maximum absolute atomic E-state index is 10.8. The minimum Gasteiger partial charge on any atom is -0.318 e. The fourth-order valence-electron chi connectivity index (χ4n) is 0.675. The molecule has 0 amide bonds. The number of allylic oxidation sites excluding steroid dienone is 4. The third-order valence-corrected chi connectivity index (χ3v) is 1.83. The molecule has 0 aromatic heterocycles. The summed E-state index contributed by atoms with van der Waals surface area (Å²) in [5, 5.41) is 3.51. The molecule has 1 aliphatic rings. The number of carbonyl (C=O) groups excluding carboxylic acids is 2. The predicted octanol–water partition coefficient (Wildman–Crippen LogP) is 1.32.